The van der Waals surface area contributed by atoms with Gasteiger partial charge in [0.1, 0.15) is 0 Å². The van der Waals surface area contributed by atoms with Gasteiger partial charge in [0, 0.05) is 18.3 Å². The van der Waals surface area contributed by atoms with Crippen LogP contribution >= 0.6 is 0 Å². The van der Waals surface area contributed by atoms with Gasteiger partial charge in [-0.2, -0.15) is 0 Å². The van der Waals surface area contributed by atoms with E-state index in [1.165, 1.54) is 37.8 Å². The first-order valence-electron chi connectivity index (χ1n) is 8.25. The largest absolute Gasteiger partial charge is 0.385 e. The SMILES string of the molecule is CC1Cc2cc(NCC3CCC(N)CC3)ccc2C1C. The van der Waals surface area contributed by atoms with Crippen LogP contribution in [0.1, 0.15) is 56.6 Å². The summed E-state index contributed by atoms with van der Waals surface area (Å²) in [6, 6.07) is 7.43. The fourth-order valence-corrected chi connectivity index (χ4v) is 3.82. The minimum atomic E-state index is 0.453. The highest BCUT2D eigenvalue weighted by atomic mass is 14.9. The minimum Gasteiger partial charge on any atom is -0.385 e. The molecule has 20 heavy (non-hydrogen) atoms. The first-order chi connectivity index (χ1) is 9.63. The number of hydrogen-bond acceptors (Lipinski definition) is 2. The monoisotopic (exact) mass is 272 g/mol. The Hall–Kier alpha value is -1.02. The number of nitrogens with two attached hydrogens (primary N) is 1. The van der Waals surface area contributed by atoms with Gasteiger partial charge in [-0.1, -0.05) is 19.9 Å². The summed E-state index contributed by atoms with van der Waals surface area (Å²) in [5, 5.41) is 3.65. The van der Waals surface area contributed by atoms with E-state index in [1.807, 2.05) is 0 Å². The van der Waals surface area contributed by atoms with Crippen molar-refractivity contribution in [1.29, 1.82) is 0 Å². The van der Waals surface area contributed by atoms with Crippen molar-refractivity contribution in [3.63, 3.8) is 0 Å². The number of hydrogen-bond donors (Lipinski definition) is 2. The van der Waals surface area contributed by atoms with E-state index in [0.717, 1.165) is 24.3 Å². The van der Waals surface area contributed by atoms with E-state index in [4.69, 9.17) is 5.73 Å². The molecule has 0 bridgehead atoms. The molecule has 0 spiro atoms. The van der Waals surface area contributed by atoms with Crippen LogP contribution in [0.15, 0.2) is 18.2 Å². The molecule has 3 rings (SSSR count). The average Bonchev–Trinajstić information content (AvgIpc) is 2.73. The number of fused-ring (bicyclic) bond motifs is 1. The first-order valence-corrected chi connectivity index (χ1v) is 8.25. The van der Waals surface area contributed by atoms with Crippen molar-refractivity contribution in [1.82, 2.24) is 0 Å². The Morgan fingerprint density at radius 1 is 1.15 bits per heavy atom. The second-order valence-electron chi connectivity index (χ2n) is 7.05. The molecule has 3 N–H and O–H groups in total. The van der Waals surface area contributed by atoms with Crippen molar-refractivity contribution in [3.8, 4) is 0 Å². The van der Waals surface area contributed by atoms with Gasteiger partial charge in [-0.25, -0.2) is 0 Å². The van der Waals surface area contributed by atoms with Crippen molar-refractivity contribution in [3.05, 3.63) is 29.3 Å². The Morgan fingerprint density at radius 3 is 2.65 bits per heavy atom. The second-order valence-corrected chi connectivity index (χ2v) is 7.05. The maximum atomic E-state index is 5.97. The van der Waals surface area contributed by atoms with Crippen LogP contribution < -0.4 is 11.1 Å². The summed E-state index contributed by atoms with van der Waals surface area (Å²) in [6.45, 7) is 5.83. The fourth-order valence-electron chi connectivity index (χ4n) is 3.82. The van der Waals surface area contributed by atoms with Crippen molar-refractivity contribution in [2.24, 2.45) is 17.6 Å². The van der Waals surface area contributed by atoms with Gasteiger partial charge in [0.05, 0.1) is 0 Å². The van der Waals surface area contributed by atoms with Crippen molar-refractivity contribution in [2.45, 2.75) is 57.9 Å². The molecule has 1 fully saturated rings. The third-order valence-corrected chi connectivity index (χ3v) is 5.52. The van der Waals surface area contributed by atoms with Gasteiger partial charge >= 0.3 is 0 Å². The smallest absolute Gasteiger partial charge is 0.0343 e. The predicted octanol–water partition coefficient (Wildman–Crippen LogP) is 3.91. The summed E-state index contributed by atoms with van der Waals surface area (Å²) in [7, 11) is 0. The lowest BCUT2D eigenvalue weighted by atomic mass is 9.86. The molecule has 0 amide bonds. The molecule has 0 aromatic heterocycles. The van der Waals surface area contributed by atoms with Crippen LogP contribution in [-0.2, 0) is 6.42 Å². The van der Waals surface area contributed by atoms with E-state index in [9.17, 15) is 0 Å². The lowest BCUT2D eigenvalue weighted by Gasteiger charge is -2.26. The topological polar surface area (TPSA) is 38.0 Å². The van der Waals surface area contributed by atoms with Crippen LogP contribution in [0.25, 0.3) is 0 Å². The van der Waals surface area contributed by atoms with Gasteiger partial charge in [-0.15, -0.1) is 0 Å². The third-order valence-electron chi connectivity index (χ3n) is 5.52. The van der Waals surface area contributed by atoms with E-state index >= 15 is 0 Å². The van der Waals surface area contributed by atoms with Gasteiger partial charge in [0.15, 0.2) is 0 Å². The maximum Gasteiger partial charge on any atom is 0.0343 e. The minimum absolute atomic E-state index is 0.453. The summed E-state index contributed by atoms with van der Waals surface area (Å²) >= 11 is 0. The molecule has 0 aliphatic heterocycles. The Labute approximate surface area is 123 Å². The molecule has 0 heterocycles. The van der Waals surface area contributed by atoms with E-state index in [2.05, 4.69) is 37.4 Å². The molecule has 1 aromatic rings. The Bertz CT molecular complexity index is 460. The molecule has 2 heteroatoms. The van der Waals surface area contributed by atoms with Gasteiger partial charge in [-0.05, 0) is 73.1 Å². The number of anilines is 1. The molecule has 1 saturated carbocycles. The van der Waals surface area contributed by atoms with Crippen molar-refractivity contribution >= 4 is 5.69 Å². The summed E-state index contributed by atoms with van der Waals surface area (Å²) < 4.78 is 0. The van der Waals surface area contributed by atoms with Gasteiger partial charge in [0.25, 0.3) is 0 Å². The second kappa shape index (κ2) is 5.77. The Kier molecular flexibility index (Phi) is 4.02. The maximum absolute atomic E-state index is 5.97. The molecule has 0 saturated heterocycles. The quantitative estimate of drug-likeness (QED) is 0.875. The van der Waals surface area contributed by atoms with Crippen LogP contribution in [0.5, 0.6) is 0 Å². The molecule has 110 valence electrons. The Morgan fingerprint density at radius 2 is 1.90 bits per heavy atom. The van der Waals surface area contributed by atoms with E-state index < -0.39 is 0 Å². The number of rotatable bonds is 3. The van der Waals surface area contributed by atoms with Crippen molar-refractivity contribution in [2.75, 3.05) is 11.9 Å². The summed E-state index contributed by atoms with van der Waals surface area (Å²) in [5.41, 5.74) is 10.4. The predicted molar refractivity (Wildman–Crippen MR) is 86.1 cm³/mol. The zero-order valence-corrected chi connectivity index (χ0v) is 12.9. The highest BCUT2D eigenvalue weighted by molar-refractivity contribution is 5.51. The molecular formula is C18H28N2. The number of benzene rings is 1. The highest BCUT2D eigenvalue weighted by Crippen LogP contribution is 2.38. The van der Waals surface area contributed by atoms with E-state index in [-0.39, 0.29) is 0 Å². The number of nitrogens with one attached hydrogen (secondary N) is 1. The molecular weight excluding hydrogens is 244 g/mol. The average molecular weight is 272 g/mol. The summed E-state index contributed by atoms with van der Waals surface area (Å²) in [4.78, 5) is 0. The zero-order chi connectivity index (χ0) is 14.1. The third kappa shape index (κ3) is 2.85. The van der Waals surface area contributed by atoms with Crippen LogP contribution in [0.4, 0.5) is 5.69 Å². The van der Waals surface area contributed by atoms with Crippen LogP contribution in [0.3, 0.4) is 0 Å². The molecule has 1 aromatic carbocycles. The highest BCUT2D eigenvalue weighted by Gasteiger charge is 2.25. The van der Waals surface area contributed by atoms with Crippen LogP contribution in [0, 0.1) is 11.8 Å². The zero-order valence-electron chi connectivity index (χ0n) is 12.9. The molecule has 2 unspecified atom stereocenters. The van der Waals surface area contributed by atoms with Crippen molar-refractivity contribution < 1.29 is 0 Å². The lowest BCUT2D eigenvalue weighted by molar-refractivity contribution is 0.339. The van der Waals surface area contributed by atoms with Gasteiger partial charge in [0.2, 0.25) is 0 Å². The van der Waals surface area contributed by atoms with E-state index in [1.54, 1.807) is 11.1 Å². The van der Waals surface area contributed by atoms with Crippen LogP contribution in [0.2, 0.25) is 0 Å². The normalized spacial score (nSPS) is 33.0. The Balaban J connectivity index is 1.58. The molecule has 2 nitrogen and oxygen atoms in total. The molecule has 0 radical (unpaired) electrons. The summed E-state index contributed by atoms with van der Waals surface area (Å²) in [6.07, 6.45) is 6.21. The molecule has 2 aliphatic carbocycles. The first kappa shape index (κ1) is 13.9. The van der Waals surface area contributed by atoms with E-state index in [0.29, 0.717) is 6.04 Å². The fraction of sp³-hybridized carbons (Fsp3) is 0.667. The van der Waals surface area contributed by atoms with Crippen LogP contribution in [-0.4, -0.2) is 12.6 Å². The summed E-state index contributed by atoms with van der Waals surface area (Å²) in [5.74, 6) is 2.32. The van der Waals surface area contributed by atoms with Gasteiger partial charge < -0.3 is 11.1 Å². The lowest BCUT2D eigenvalue weighted by Crippen LogP contribution is -2.29. The molecule has 2 atom stereocenters. The standard InChI is InChI=1S/C18H28N2/c1-12-9-15-10-17(7-8-18(15)13(12)2)20-11-14-3-5-16(19)6-4-14/h7-8,10,12-14,16,20H,3-6,9,11,19H2,1-2H3. The molecule has 2 aliphatic rings. The van der Waals surface area contributed by atoms with Gasteiger partial charge in [-0.3, -0.25) is 0 Å².